The smallest absolute Gasteiger partial charge is 0.283 e. The Morgan fingerprint density at radius 3 is 2.24 bits per heavy atom. The summed E-state index contributed by atoms with van der Waals surface area (Å²) in [6, 6.07) is 16.9. The Bertz CT molecular complexity index is 1320. The Morgan fingerprint density at radius 2 is 1.55 bits per heavy atom. The fourth-order valence-electron chi connectivity index (χ4n) is 3.13. The third kappa shape index (κ3) is 4.52. The van der Waals surface area contributed by atoms with Gasteiger partial charge in [-0.15, -0.1) is 0 Å². The predicted octanol–water partition coefficient (Wildman–Crippen LogP) is 5.39. The molecule has 4 rings (SSSR count). The van der Waals surface area contributed by atoms with Gasteiger partial charge in [-0.2, -0.15) is 0 Å². The first-order valence-corrected chi connectivity index (χ1v) is 10.6. The zero-order chi connectivity index (χ0) is 23.7. The first-order valence-electron chi connectivity index (χ1n) is 9.46. The fraction of sp³-hybridized carbons (Fsp3) is 0. The van der Waals surface area contributed by atoms with Crippen molar-refractivity contribution < 1.29 is 19.5 Å². The van der Waals surface area contributed by atoms with Crippen molar-refractivity contribution in [2.45, 2.75) is 0 Å². The average molecular weight is 503 g/mol. The third-order valence-corrected chi connectivity index (χ3v) is 5.88. The average Bonchev–Trinajstić information content (AvgIpc) is 2.99. The number of nitrogens with one attached hydrogen (secondary N) is 2. The zero-order valence-corrected chi connectivity index (χ0v) is 18.9. The second-order valence-electron chi connectivity index (χ2n) is 6.91. The van der Waals surface area contributed by atoms with Crippen molar-refractivity contribution in [3.63, 3.8) is 0 Å². The molecule has 33 heavy (non-hydrogen) atoms. The molecule has 0 radical (unpaired) electrons. The largest absolute Gasteiger partial charge is 0.508 e. The molecule has 0 saturated heterocycles. The molecule has 3 amide bonds. The number of amides is 3. The monoisotopic (exact) mass is 501 g/mol. The summed E-state index contributed by atoms with van der Waals surface area (Å²) in [5, 5.41) is 14.9. The van der Waals surface area contributed by atoms with E-state index in [4.69, 9.17) is 34.8 Å². The van der Waals surface area contributed by atoms with Crippen molar-refractivity contribution >= 4 is 69.6 Å². The number of hydrogen-bond donors (Lipinski definition) is 3. The van der Waals surface area contributed by atoms with Crippen LogP contribution in [0.5, 0.6) is 5.75 Å². The number of rotatable bonds is 5. The predicted molar refractivity (Wildman–Crippen MR) is 128 cm³/mol. The molecule has 7 nitrogen and oxygen atoms in total. The van der Waals surface area contributed by atoms with Gasteiger partial charge in [-0.05, 0) is 48.5 Å². The topological polar surface area (TPSA) is 98.7 Å². The number of benzene rings is 3. The number of halogens is 3. The number of hydrogen-bond acceptors (Lipinski definition) is 5. The van der Waals surface area contributed by atoms with Crippen LogP contribution in [0.1, 0.15) is 10.4 Å². The van der Waals surface area contributed by atoms with Gasteiger partial charge in [0.2, 0.25) is 0 Å². The van der Waals surface area contributed by atoms with Gasteiger partial charge in [0.25, 0.3) is 17.7 Å². The number of nitrogens with zero attached hydrogens (tertiary/aromatic N) is 1. The van der Waals surface area contributed by atoms with E-state index in [1.165, 1.54) is 36.4 Å². The second-order valence-corrected chi connectivity index (χ2v) is 8.08. The van der Waals surface area contributed by atoms with E-state index in [1.807, 2.05) is 0 Å². The van der Waals surface area contributed by atoms with Gasteiger partial charge < -0.3 is 15.7 Å². The van der Waals surface area contributed by atoms with Crippen LogP contribution in [0.25, 0.3) is 0 Å². The first kappa shape index (κ1) is 22.7. The number of phenolic OH excluding ortho intramolecular Hbond substituents is 1. The molecule has 0 saturated carbocycles. The summed E-state index contributed by atoms with van der Waals surface area (Å²) in [6.07, 6.45) is 0. The highest BCUT2D eigenvalue weighted by Crippen LogP contribution is 2.37. The van der Waals surface area contributed by atoms with E-state index in [1.54, 1.807) is 30.3 Å². The third-order valence-electron chi connectivity index (χ3n) is 4.72. The molecule has 0 spiro atoms. The van der Waals surface area contributed by atoms with Crippen LogP contribution in [0, 0.1) is 0 Å². The van der Waals surface area contributed by atoms with Gasteiger partial charge >= 0.3 is 0 Å². The minimum Gasteiger partial charge on any atom is -0.508 e. The highest BCUT2D eigenvalue weighted by atomic mass is 35.5. The quantitative estimate of drug-likeness (QED) is 0.407. The van der Waals surface area contributed by atoms with E-state index < -0.39 is 17.7 Å². The number of carbonyl (C=O) groups is 3. The first-order chi connectivity index (χ1) is 15.8. The van der Waals surface area contributed by atoms with Crippen molar-refractivity contribution in [2.24, 2.45) is 0 Å². The molecule has 0 bridgehead atoms. The number of phenols is 1. The van der Waals surface area contributed by atoms with Crippen LogP contribution >= 0.6 is 34.8 Å². The van der Waals surface area contributed by atoms with Crippen molar-refractivity contribution in [2.75, 3.05) is 15.5 Å². The van der Waals surface area contributed by atoms with E-state index in [-0.39, 0.29) is 32.2 Å². The lowest BCUT2D eigenvalue weighted by atomic mass is 10.2. The van der Waals surface area contributed by atoms with Crippen LogP contribution in [0.3, 0.4) is 0 Å². The van der Waals surface area contributed by atoms with Gasteiger partial charge in [0.15, 0.2) is 0 Å². The molecular formula is C23H14Cl3N3O4. The molecular weight excluding hydrogens is 489 g/mol. The normalized spacial score (nSPS) is 13.5. The summed E-state index contributed by atoms with van der Waals surface area (Å²) >= 11 is 18.3. The van der Waals surface area contributed by atoms with E-state index >= 15 is 0 Å². The van der Waals surface area contributed by atoms with Crippen molar-refractivity contribution in [3.8, 4) is 5.75 Å². The summed E-state index contributed by atoms with van der Waals surface area (Å²) in [4.78, 5) is 38.8. The van der Waals surface area contributed by atoms with Gasteiger partial charge in [0.05, 0.1) is 15.7 Å². The molecule has 3 aromatic carbocycles. The molecule has 0 fully saturated rings. The molecule has 1 aliphatic rings. The minimum absolute atomic E-state index is 0.0291. The van der Waals surface area contributed by atoms with Crippen LogP contribution in [0.15, 0.2) is 77.5 Å². The van der Waals surface area contributed by atoms with E-state index in [0.29, 0.717) is 16.9 Å². The zero-order valence-electron chi connectivity index (χ0n) is 16.6. The lowest BCUT2D eigenvalue weighted by Gasteiger charge is -2.17. The van der Waals surface area contributed by atoms with Gasteiger partial charge in [-0.25, -0.2) is 4.90 Å². The lowest BCUT2D eigenvalue weighted by molar-refractivity contribution is -0.120. The molecule has 3 aromatic rings. The maximum absolute atomic E-state index is 12.9. The van der Waals surface area contributed by atoms with Crippen LogP contribution in [0.4, 0.5) is 17.1 Å². The van der Waals surface area contributed by atoms with Crippen LogP contribution in [0.2, 0.25) is 10.0 Å². The minimum atomic E-state index is -0.740. The Morgan fingerprint density at radius 1 is 0.848 bits per heavy atom. The number of carbonyl (C=O) groups excluding carboxylic acids is 3. The number of aromatic hydroxyl groups is 1. The molecule has 1 heterocycles. The van der Waals surface area contributed by atoms with Crippen LogP contribution < -0.4 is 15.5 Å². The van der Waals surface area contributed by atoms with E-state index in [2.05, 4.69) is 10.6 Å². The number of anilines is 3. The highest BCUT2D eigenvalue weighted by Gasteiger charge is 2.40. The van der Waals surface area contributed by atoms with Crippen molar-refractivity contribution in [3.05, 3.63) is 93.1 Å². The molecule has 10 heteroatoms. The van der Waals surface area contributed by atoms with Gasteiger partial charge in [-0.1, -0.05) is 46.9 Å². The summed E-state index contributed by atoms with van der Waals surface area (Å²) in [6.45, 7) is 0. The highest BCUT2D eigenvalue weighted by molar-refractivity contribution is 6.54. The van der Waals surface area contributed by atoms with Crippen molar-refractivity contribution in [1.29, 1.82) is 0 Å². The van der Waals surface area contributed by atoms with E-state index in [0.717, 1.165) is 4.90 Å². The molecule has 0 aliphatic carbocycles. The Balaban J connectivity index is 1.50. The Kier molecular flexibility index (Phi) is 6.29. The Hall–Kier alpha value is -3.52. The summed E-state index contributed by atoms with van der Waals surface area (Å²) in [5.74, 6) is -1.80. The molecule has 166 valence electrons. The van der Waals surface area contributed by atoms with E-state index in [9.17, 15) is 19.5 Å². The van der Waals surface area contributed by atoms with Gasteiger partial charge in [0.1, 0.15) is 16.5 Å². The lowest BCUT2D eigenvalue weighted by Crippen LogP contribution is -2.32. The second kappa shape index (κ2) is 9.15. The van der Waals surface area contributed by atoms with Crippen LogP contribution in [-0.2, 0) is 9.59 Å². The van der Waals surface area contributed by atoms with Crippen molar-refractivity contribution in [1.82, 2.24) is 0 Å². The maximum Gasteiger partial charge on any atom is 0.283 e. The molecule has 0 unspecified atom stereocenters. The summed E-state index contributed by atoms with van der Waals surface area (Å²) < 4.78 is 0. The molecule has 0 atom stereocenters. The fourth-order valence-corrected chi connectivity index (χ4v) is 3.72. The molecule has 3 N–H and O–H groups in total. The number of imide groups is 1. The van der Waals surface area contributed by atoms with Crippen LogP contribution in [-0.4, -0.2) is 22.8 Å². The summed E-state index contributed by atoms with van der Waals surface area (Å²) in [7, 11) is 0. The maximum atomic E-state index is 12.9. The van der Waals surface area contributed by atoms with Gasteiger partial charge in [-0.3, -0.25) is 14.4 Å². The summed E-state index contributed by atoms with van der Waals surface area (Å²) in [5.41, 5.74) is 1.19. The SMILES string of the molecule is O=C(Nc1cccc(O)c1)c1ccc(NC2=C(Cl)C(=O)N(c3cccc(Cl)c3Cl)C2=O)cc1. The van der Waals surface area contributed by atoms with Gasteiger partial charge in [0, 0.05) is 23.0 Å². The molecule has 1 aliphatic heterocycles. The molecule has 0 aromatic heterocycles. The standard InChI is InChI=1S/C23H14Cl3N3O4/c24-16-5-2-6-17(18(16)25)29-22(32)19(26)20(23(29)33)27-13-9-7-12(8-10-13)21(31)28-14-3-1-4-15(30)11-14/h1-11,27,30H,(H,28,31). The Labute approximate surface area is 203 Å².